The Morgan fingerprint density at radius 3 is 2.42 bits per heavy atom. The first-order valence-electron chi connectivity index (χ1n) is 9.35. The first-order valence-corrected chi connectivity index (χ1v) is 9.35. The second-order valence-electron chi connectivity index (χ2n) is 7.80. The van der Waals surface area contributed by atoms with Gasteiger partial charge in [0.1, 0.15) is 0 Å². The molecule has 5 heteroatoms. The topological polar surface area (TPSA) is 64.2 Å². The fourth-order valence-electron chi connectivity index (χ4n) is 3.68. The Kier molecular flexibility index (Phi) is 6.44. The molecule has 1 aliphatic heterocycles. The van der Waals surface area contributed by atoms with Gasteiger partial charge in [-0.25, -0.2) is 0 Å². The molecule has 2 heterocycles. The van der Waals surface area contributed by atoms with Gasteiger partial charge in [-0.1, -0.05) is 13.8 Å². The van der Waals surface area contributed by atoms with Gasteiger partial charge in [0.2, 0.25) is 5.91 Å². The van der Waals surface area contributed by atoms with E-state index in [1.807, 2.05) is 4.90 Å². The van der Waals surface area contributed by atoms with Crippen molar-refractivity contribution in [2.75, 3.05) is 13.1 Å². The monoisotopic (exact) mass is 334 g/mol. The van der Waals surface area contributed by atoms with Crippen LogP contribution in [0.2, 0.25) is 0 Å². The molecule has 1 aromatic rings. The standard InChI is InChI=1S/C19H34N4O/c1-13(2)12-23-16(5)18(15(4)21-23)6-7-19(24)22-10-8-17(9-11-22)14(3)20/h13-14,17H,6-12,20H2,1-5H3. The van der Waals surface area contributed by atoms with Crippen LogP contribution in [0.25, 0.3) is 0 Å². The predicted octanol–water partition coefficient (Wildman–Crippen LogP) is 2.67. The molecule has 1 fully saturated rings. The lowest BCUT2D eigenvalue weighted by Crippen LogP contribution is -2.42. The lowest BCUT2D eigenvalue weighted by molar-refractivity contribution is -0.132. The molecule has 1 unspecified atom stereocenters. The van der Waals surface area contributed by atoms with Gasteiger partial charge in [-0.3, -0.25) is 9.48 Å². The van der Waals surface area contributed by atoms with Crippen LogP contribution < -0.4 is 5.73 Å². The molecule has 1 aliphatic rings. The van der Waals surface area contributed by atoms with E-state index in [-0.39, 0.29) is 11.9 Å². The highest BCUT2D eigenvalue weighted by atomic mass is 16.2. The molecule has 0 bridgehead atoms. The number of carbonyl (C=O) groups is 1. The number of nitrogens with two attached hydrogens (primary N) is 1. The number of aryl methyl sites for hydroxylation is 1. The second-order valence-corrected chi connectivity index (χ2v) is 7.80. The van der Waals surface area contributed by atoms with Crippen molar-refractivity contribution >= 4 is 5.91 Å². The van der Waals surface area contributed by atoms with Gasteiger partial charge in [-0.15, -0.1) is 0 Å². The van der Waals surface area contributed by atoms with Crippen molar-refractivity contribution in [1.82, 2.24) is 14.7 Å². The Balaban J connectivity index is 1.89. The summed E-state index contributed by atoms with van der Waals surface area (Å²) in [6, 6.07) is 0.236. The lowest BCUT2D eigenvalue weighted by Gasteiger charge is -2.33. The van der Waals surface area contributed by atoms with Gasteiger partial charge in [0.05, 0.1) is 5.69 Å². The van der Waals surface area contributed by atoms with Gasteiger partial charge in [-0.2, -0.15) is 5.10 Å². The molecule has 2 rings (SSSR count). The van der Waals surface area contributed by atoms with E-state index in [2.05, 4.69) is 44.4 Å². The smallest absolute Gasteiger partial charge is 0.222 e. The summed E-state index contributed by atoms with van der Waals surface area (Å²) in [7, 11) is 0. The predicted molar refractivity (Wildman–Crippen MR) is 97.8 cm³/mol. The van der Waals surface area contributed by atoms with Crippen LogP contribution in [0.5, 0.6) is 0 Å². The minimum absolute atomic E-state index is 0.236. The van der Waals surface area contributed by atoms with Crippen LogP contribution in [0.4, 0.5) is 0 Å². The first kappa shape index (κ1) is 19.0. The third-order valence-corrected chi connectivity index (χ3v) is 5.29. The maximum atomic E-state index is 12.5. The lowest BCUT2D eigenvalue weighted by atomic mass is 9.91. The molecule has 0 radical (unpaired) electrons. The molecule has 0 aromatic carbocycles. The Morgan fingerprint density at radius 1 is 1.25 bits per heavy atom. The molecular formula is C19H34N4O. The number of rotatable bonds is 6. The number of hydrogen-bond donors (Lipinski definition) is 1. The van der Waals surface area contributed by atoms with Crippen molar-refractivity contribution in [2.45, 2.75) is 72.9 Å². The van der Waals surface area contributed by atoms with E-state index in [4.69, 9.17) is 5.73 Å². The van der Waals surface area contributed by atoms with Crippen molar-refractivity contribution < 1.29 is 4.79 Å². The van der Waals surface area contributed by atoms with Crippen LogP contribution in [0, 0.1) is 25.7 Å². The largest absolute Gasteiger partial charge is 0.343 e. The van der Waals surface area contributed by atoms with E-state index in [1.165, 1.54) is 11.3 Å². The third kappa shape index (κ3) is 4.59. The molecule has 0 aliphatic carbocycles. The van der Waals surface area contributed by atoms with Gasteiger partial charge >= 0.3 is 0 Å². The van der Waals surface area contributed by atoms with E-state index in [9.17, 15) is 4.79 Å². The van der Waals surface area contributed by atoms with Crippen LogP contribution in [0.3, 0.4) is 0 Å². The second kappa shape index (κ2) is 8.15. The van der Waals surface area contributed by atoms with E-state index in [0.717, 1.165) is 44.6 Å². The fraction of sp³-hybridized carbons (Fsp3) is 0.789. The molecule has 136 valence electrons. The summed E-state index contributed by atoms with van der Waals surface area (Å²) in [6.07, 6.45) is 3.45. The summed E-state index contributed by atoms with van der Waals surface area (Å²) in [5.41, 5.74) is 9.50. The van der Waals surface area contributed by atoms with Crippen molar-refractivity contribution in [3.8, 4) is 0 Å². The average Bonchev–Trinajstić information content (AvgIpc) is 2.78. The van der Waals surface area contributed by atoms with Crippen LogP contribution in [0.1, 0.15) is 57.0 Å². The fourth-order valence-corrected chi connectivity index (χ4v) is 3.68. The summed E-state index contributed by atoms with van der Waals surface area (Å²) >= 11 is 0. The number of aromatic nitrogens is 2. The zero-order chi connectivity index (χ0) is 17.9. The number of nitrogens with zero attached hydrogens (tertiary/aromatic N) is 3. The van der Waals surface area contributed by atoms with Crippen LogP contribution in [0.15, 0.2) is 0 Å². The molecule has 1 atom stereocenters. The van der Waals surface area contributed by atoms with E-state index in [0.29, 0.717) is 18.3 Å². The van der Waals surface area contributed by atoms with Crippen LogP contribution in [-0.4, -0.2) is 39.7 Å². The SMILES string of the molecule is Cc1nn(CC(C)C)c(C)c1CCC(=O)N1CCC(C(C)N)CC1. The quantitative estimate of drug-likeness (QED) is 0.870. The summed E-state index contributed by atoms with van der Waals surface area (Å²) < 4.78 is 2.09. The summed E-state index contributed by atoms with van der Waals surface area (Å²) in [5.74, 6) is 1.41. The Bertz CT molecular complexity index is 554. The molecule has 24 heavy (non-hydrogen) atoms. The van der Waals surface area contributed by atoms with Crippen LogP contribution in [-0.2, 0) is 17.8 Å². The summed E-state index contributed by atoms with van der Waals surface area (Å²) in [6.45, 7) is 13.3. The molecule has 0 spiro atoms. The van der Waals surface area contributed by atoms with Crippen molar-refractivity contribution in [2.24, 2.45) is 17.6 Å². The average molecular weight is 335 g/mol. The molecule has 5 nitrogen and oxygen atoms in total. The number of carbonyl (C=O) groups excluding carboxylic acids is 1. The summed E-state index contributed by atoms with van der Waals surface area (Å²) in [5, 5.41) is 4.65. The van der Waals surface area contributed by atoms with Crippen molar-refractivity contribution in [1.29, 1.82) is 0 Å². The first-order chi connectivity index (χ1) is 11.3. The Hall–Kier alpha value is -1.36. The minimum Gasteiger partial charge on any atom is -0.343 e. The third-order valence-electron chi connectivity index (χ3n) is 5.29. The molecule has 1 saturated heterocycles. The number of hydrogen-bond acceptors (Lipinski definition) is 3. The van der Waals surface area contributed by atoms with E-state index in [1.54, 1.807) is 0 Å². The maximum absolute atomic E-state index is 12.5. The van der Waals surface area contributed by atoms with Gasteiger partial charge < -0.3 is 10.6 Å². The van der Waals surface area contributed by atoms with Gasteiger partial charge in [0, 0.05) is 37.8 Å². The molecule has 1 amide bonds. The highest BCUT2D eigenvalue weighted by Gasteiger charge is 2.25. The Morgan fingerprint density at radius 2 is 1.88 bits per heavy atom. The zero-order valence-corrected chi connectivity index (χ0v) is 16.0. The molecule has 2 N–H and O–H groups in total. The Labute approximate surface area is 146 Å². The normalized spacial score (nSPS) is 17.5. The molecule has 1 aromatic heterocycles. The van der Waals surface area contributed by atoms with Crippen molar-refractivity contribution in [3.63, 3.8) is 0 Å². The van der Waals surface area contributed by atoms with Gasteiger partial charge in [0.25, 0.3) is 0 Å². The number of likely N-dealkylation sites (tertiary alicyclic amines) is 1. The van der Waals surface area contributed by atoms with E-state index < -0.39 is 0 Å². The van der Waals surface area contributed by atoms with Gasteiger partial charge in [-0.05, 0) is 57.4 Å². The number of amides is 1. The zero-order valence-electron chi connectivity index (χ0n) is 16.0. The minimum atomic E-state index is 0.236. The van der Waals surface area contributed by atoms with Gasteiger partial charge in [0.15, 0.2) is 0 Å². The maximum Gasteiger partial charge on any atom is 0.222 e. The van der Waals surface area contributed by atoms with Crippen molar-refractivity contribution in [3.05, 3.63) is 17.0 Å². The summed E-state index contributed by atoms with van der Waals surface area (Å²) in [4.78, 5) is 14.5. The number of piperidine rings is 1. The molecular weight excluding hydrogens is 300 g/mol. The van der Waals surface area contributed by atoms with E-state index >= 15 is 0 Å². The highest BCUT2D eigenvalue weighted by molar-refractivity contribution is 5.76. The van der Waals surface area contributed by atoms with Crippen LogP contribution >= 0.6 is 0 Å². The molecule has 0 saturated carbocycles. The highest BCUT2D eigenvalue weighted by Crippen LogP contribution is 2.21.